The molecule has 0 N–H and O–H groups in total. The van der Waals surface area contributed by atoms with Crippen molar-refractivity contribution in [2.24, 2.45) is 0 Å². The summed E-state index contributed by atoms with van der Waals surface area (Å²) in [6.45, 7) is 0. The van der Waals surface area contributed by atoms with Crippen LogP contribution in [0.5, 0.6) is 0 Å². The van der Waals surface area contributed by atoms with Crippen molar-refractivity contribution in [1.29, 1.82) is 0 Å². The highest BCUT2D eigenvalue weighted by Gasteiger charge is 2.19. The van der Waals surface area contributed by atoms with Gasteiger partial charge in [-0.3, -0.25) is 9.97 Å². The summed E-state index contributed by atoms with van der Waals surface area (Å²) in [5.41, 5.74) is 2.17. The van der Waals surface area contributed by atoms with Crippen LogP contribution in [-0.4, -0.2) is 9.97 Å². The number of hydrogen-bond acceptors (Lipinski definition) is 2. The molecule has 0 spiro atoms. The topological polar surface area (TPSA) is 25.8 Å². The van der Waals surface area contributed by atoms with Crippen molar-refractivity contribution in [2.75, 3.05) is 0 Å². The van der Waals surface area contributed by atoms with Crippen molar-refractivity contribution in [1.82, 2.24) is 9.97 Å². The van der Waals surface area contributed by atoms with Crippen LogP contribution in [0.3, 0.4) is 0 Å². The molecule has 82 valence electrons. The predicted octanol–water partition coefficient (Wildman–Crippen LogP) is 3.89. The largest absolute Gasteiger partial charge is 0.265 e. The van der Waals surface area contributed by atoms with E-state index in [1.54, 1.807) is 24.8 Å². The molecular weight excluding hydrogens is 288 g/mol. The monoisotopic (exact) mass is 296 g/mol. The minimum absolute atomic E-state index is 0.0690. The number of pyridine rings is 2. The Hall–Kier alpha value is -0.930. The van der Waals surface area contributed by atoms with Crippen LogP contribution in [-0.2, 0) is 0 Å². The summed E-state index contributed by atoms with van der Waals surface area (Å²) in [4.78, 5) is 8.03. The van der Waals surface area contributed by atoms with Crippen LogP contribution in [0.4, 0.5) is 0 Å². The molecule has 2 unspecified atom stereocenters. The van der Waals surface area contributed by atoms with E-state index in [1.807, 2.05) is 24.3 Å². The Morgan fingerprint density at radius 2 is 1.31 bits per heavy atom. The SMILES string of the molecule is ClC(c1ccncc1)C(Br)c1ccncc1. The minimum Gasteiger partial charge on any atom is -0.265 e. The lowest BCUT2D eigenvalue weighted by molar-refractivity contribution is 0.902. The highest BCUT2D eigenvalue weighted by Crippen LogP contribution is 2.40. The van der Waals surface area contributed by atoms with Crippen LogP contribution in [0, 0.1) is 0 Å². The Labute approximate surface area is 108 Å². The zero-order valence-electron chi connectivity index (χ0n) is 8.42. The molecule has 0 aliphatic carbocycles. The van der Waals surface area contributed by atoms with Crippen LogP contribution < -0.4 is 0 Å². The van der Waals surface area contributed by atoms with Crippen molar-refractivity contribution < 1.29 is 0 Å². The van der Waals surface area contributed by atoms with E-state index in [0.29, 0.717) is 0 Å². The van der Waals surface area contributed by atoms with Gasteiger partial charge in [-0.25, -0.2) is 0 Å². The molecule has 0 radical (unpaired) electrons. The maximum Gasteiger partial charge on any atom is 0.0752 e. The third-order valence-corrected chi connectivity index (χ3v) is 4.17. The van der Waals surface area contributed by atoms with Crippen LogP contribution in [0.2, 0.25) is 0 Å². The van der Waals surface area contributed by atoms with Gasteiger partial charge < -0.3 is 0 Å². The summed E-state index contributed by atoms with van der Waals surface area (Å²) in [5.74, 6) is 0. The maximum absolute atomic E-state index is 6.40. The van der Waals surface area contributed by atoms with Gasteiger partial charge in [-0.15, -0.1) is 11.6 Å². The lowest BCUT2D eigenvalue weighted by Gasteiger charge is -2.16. The van der Waals surface area contributed by atoms with Gasteiger partial charge in [0.05, 0.1) is 10.2 Å². The minimum atomic E-state index is -0.120. The molecule has 2 atom stereocenters. The molecule has 2 aromatic heterocycles. The molecule has 0 bridgehead atoms. The van der Waals surface area contributed by atoms with E-state index >= 15 is 0 Å². The van der Waals surface area contributed by atoms with E-state index in [2.05, 4.69) is 25.9 Å². The Balaban J connectivity index is 2.20. The van der Waals surface area contributed by atoms with Crippen LogP contribution in [0.15, 0.2) is 49.1 Å². The number of nitrogens with zero attached hydrogens (tertiary/aromatic N) is 2. The van der Waals surface area contributed by atoms with Gasteiger partial charge in [0, 0.05) is 24.8 Å². The summed E-state index contributed by atoms with van der Waals surface area (Å²) in [5, 5.41) is -0.120. The molecule has 2 nitrogen and oxygen atoms in total. The fraction of sp³-hybridized carbons (Fsp3) is 0.167. The number of alkyl halides is 2. The standard InChI is InChI=1S/C12H10BrClN2/c13-11(9-1-5-15-6-2-9)12(14)10-3-7-16-8-4-10/h1-8,11-12H. The van der Waals surface area contributed by atoms with E-state index in [1.165, 1.54) is 0 Å². The average Bonchev–Trinajstić information content (AvgIpc) is 2.39. The second-order valence-electron chi connectivity index (χ2n) is 3.36. The third kappa shape index (κ3) is 2.60. The van der Waals surface area contributed by atoms with Gasteiger partial charge in [-0.1, -0.05) is 15.9 Å². The summed E-state index contributed by atoms with van der Waals surface area (Å²) >= 11 is 10.0. The van der Waals surface area contributed by atoms with Crippen molar-refractivity contribution in [2.45, 2.75) is 10.2 Å². The first kappa shape index (κ1) is 11.6. The molecule has 2 rings (SSSR count). The van der Waals surface area contributed by atoms with Gasteiger partial charge in [-0.2, -0.15) is 0 Å². The molecule has 0 aliphatic rings. The smallest absolute Gasteiger partial charge is 0.0752 e. The summed E-state index contributed by atoms with van der Waals surface area (Å²) in [7, 11) is 0. The third-order valence-electron chi connectivity index (χ3n) is 2.31. The van der Waals surface area contributed by atoms with Gasteiger partial charge in [0.25, 0.3) is 0 Å². The first-order chi connectivity index (χ1) is 7.79. The van der Waals surface area contributed by atoms with Gasteiger partial charge in [-0.05, 0) is 35.4 Å². The van der Waals surface area contributed by atoms with Gasteiger partial charge in [0.15, 0.2) is 0 Å². The van der Waals surface area contributed by atoms with Crippen molar-refractivity contribution in [3.63, 3.8) is 0 Å². The highest BCUT2D eigenvalue weighted by atomic mass is 79.9. The number of aromatic nitrogens is 2. The Morgan fingerprint density at radius 3 is 1.81 bits per heavy atom. The fourth-order valence-electron chi connectivity index (χ4n) is 1.43. The maximum atomic E-state index is 6.40. The molecule has 0 aliphatic heterocycles. The Morgan fingerprint density at radius 1 is 0.875 bits per heavy atom. The number of halogens is 2. The molecule has 2 aromatic rings. The zero-order chi connectivity index (χ0) is 11.4. The molecule has 2 heterocycles. The van der Waals surface area contributed by atoms with E-state index in [9.17, 15) is 0 Å². The molecule has 4 heteroatoms. The lowest BCUT2D eigenvalue weighted by Crippen LogP contribution is -1.99. The molecule has 16 heavy (non-hydrogen) atoms. The predicted molar refractivity (Wildman–Crippen MR) is 68.7 cm³/mol. The van der Waals surface area contributed by atoms with Crippen molar-refractivity contribution in [3.05, 3.63) is 60.2 Å². The van der Waals surface area contributed by atoms with E-state index in [4.69, 9.17) is 11.6 Å². The van der Waals surface area contributed by atoms with Crippen LogP contribution in [0.25, 0.3) is 0 Å². The van der Waals surface area contributed by atoms with Crippen LogP contribution >= 0.6 is 27.5 Å². The Bertz CT molecular complexity index is 392. The molecule has 0 saturated carbocycles. The van der Waals surface area contributed by atoms with Crippen molar-refractivity contribution >= 4 is 27.5 Å². The molecule has 0 amide bonds. The van der Waals surface area contributed by atoms with E-state index in [-0.39, 0.29) is 10.2 Å². The summed E-state index contributed by atoms with van der Waals surface area (Å²) in [6.07, 6.45) is 7.02. The van der Waals surface area contributed by atoms with E-state index in [0.717, 1.165) is 11.1 Å². The normalized spacial score (nSPS) is 14.4. The van der Waals surface area contributed by atoms with Gasteiger partial charge >= 0.3 is 0 Å². The fourth-order valence-corrected chi connectivity index (χ4v) is 2.33. The highest BCUT2D eigenvalue weighted by molar-refractivity contribution is 9.09. The summed E-state index contributed by atoms with van der Waals surface area (Å²) in [6, 6.07) is 7.76. The van der Waals surface area contributed by atoms with Crippen LogP contribution in [0.1, 0.15) is 21.3 Å². The number of hydrogen-bond donors (Lipinski definition) is 0. The van der Waals surface area contributed by atoms with E-state index < -0.39 is 0 Å². The number of rotatable bonds is 3. The molecule has 0 fully saturated rings. The lowest BCUT2D eigenvalue weighted by atomic mass is 10.1. The molecule has 0 saturated heterocycles. The quantitative estimate of drug-likeness (QED) is 0.803. The zero-order valence-corrected chi connectivity index (χ0v) is 10.8. The average molecular weight is 298 g/mol. The molecular formula is C12H10BrClN2. The van der Waals surface area contributed by atoms with Gasteiger partial charge in [0.1, 0.15) is 0 Å². The molecule has 0 aromatic carbocycles. The Kier molecular flexibility index (Phi) is 3.91. The second-order valence-corrected chi connectivity index (χ2v) is 4.82. The van der Waals surface area contributed by atoms with Crippen molar-refractivity contribution in [3.8, 4) is 0 Å². The summed E-state index contributed by atoms with van der Waals surface area (Å²) < 4.78 is 0. The van der Waals surface area contributed by atoms with Gasteiger partial charge in [0.2, 0.25) is 0 Å². The first-order valence-corrected chi connectivity index (χ1v) is 6.22. The first-order valence-electron chi connectivity index (χ1n) is 4.87. The second kappa shape index (κ2) is 5.41.